The molecule has 104 valence electrons. The van der Waals surface area contributed by atoms with Crippen LogP contribution >= 0.6 is 23.1 Å². The summed E-state index contributed by atoms with van der Waals surface area (Å²) in [7, 11) is 0. The Bertz CT molecular complexity index is 484. The molecule has 2 aliphatic rings. The van der Waals surface area contributed by atoms with Gasteiger partial charge in [-0.2, -0.15) is 0 Å². The Morgan fingerprint density at radius 3 is 3.11 bits per heavy atom. The highest BCUT2D eigenvalue weighted by atomic mass is 32.2. The van der Waals surface area contributed by atoms with Crippen LogP contribution < -0.4 is 10.6 Å². The second-order valence-electron chi connectivity index (χ2n) is 5.78. The molecule has 2 N–H and O–H groups in total. The van der Waals surface area contributed by atoms with E-state index in [9.17, 15) is 4.79 Å². The molecule has 0 radical (unpaired) electrons. The average molecular weight is 296 g/mol. The van der Waals surface area contributed by atoms with Crippen LogP contribution in [0, 0.1) is 0 Å². The van der Waals surface area contributed by atoms with E-state index in [4.69, 9.17) is 0 Å². The molecule has 1 aromatic heterocycles. The summed E-state index contributed by atoms with van der Waals surface area (Å²) in [5.41, 5.74) is 1.34. The van der Waals surface area contributed by atoms with Crippen LogP contribution in [0.2, 0.25) is 0 Å². The van der Waals surface area contributed by atoms with E-state index in [2.05, 4.69) is 35.9 Å². The van der Waals surface area contributed by atoms with E-state index in [-0.39, 0.29) is 22.7 Å². The molecule has 0 saturated carbocycles. The first-order valence-electron chi connectivity index (χ1n) is 6.82. The Morgan fingerprint density at radius 1 is 1.53 bits per heavy atom. The van der Waals surface area contributed by atoms with Crippen molar-refractivity contribution in [2.24, 2.45) is 0 Å². The molecular formula is C14H20N2OS2. The maximum atomic E-state index is 12.5. The van der Waals surface area contributed by atoms with E-state index in [1.165, 1.54) is 23.3 Å². The number of thioether (sulfide) groups is 1. The maximum Gasteiger partial charge on any atom is 0.239 e. The highest BCUT2D eigenvalue weighted by Crippen LogP contribution is 2.36. The van der Waals surface area contributed by atoms with Crippen molar-refractivity contribution in [3.8, 4) is 0 Å². The highest BCUT2D eigenvalue weighted by molar-refractivity contribution is 8.00. The third-order valence-electron chi connectivity index (χ3n) is 4.06. The molecular weight excluding hydrogens is 276 g/mol. The van der Waals surface area contributed by atoms with E-state index < -0.39 is 0 Å². The molecule has 0 spiro atoms. The van der Waals surface area contributed by atoms with Crippen molar-refractivity contribution in [3.63, 3.8) is 0 Å². The van der Waals surface area contributed by atoms with Gasteiger partial charge in [-0.15, -0.1) is 23.1 Å². The lowest BCUT2D eigenvalue weighted by atomic mass is 9.93. The molecule has 0 aromatic carbocycles. The lowest BCUT2D eigenvalue weighted by Gasteiger charge is -2.29. The van der Waals surface area contributed by atoms with Gasteiger partial charge in [0, 0.05) is 15.5 Å². The molecule has 1 aromatic rings. The molecule has 1 fully saturated rings. The van der Waals surface area contributed by atoms with Gasteiger partial charge in [0.2, 0.25) is 5.91 Å². The highest BCUT2D eigenvalue weighted by Gasteiger charge is 2.40. The van der Waals surface area contributed by atoms with E-state index >= 15 is 0 Å². The number of hydrogen-bond donors (Lipinski definition) is 2. The van der Waals surface area contributed by atoms with Crippen molar-refractivity contribution < 1.29 is 4.79 Å². The van der Waals surface area contributed by atoms with Crippen LogP contribution in [-0.2, 0) is 11.2 Å². The van der Waals surface area contributed by atoms with Crippen molar-refractivity contribution in [1.29, 1.82) is 0 Å². The first-order chi connectivity index (χ1) is 9.08. The number of amides is 1. The molecule has 3 nitrogen and oxygen atoms in total. The molecule has 2 atom stereocenters. The van der Waals surface area contributed by atoms with Crippen LogP contribution in [0.4, 0.5) is 0 Å². The number of aryl methyl sites for hydroxylation is 1. The normalized spacial score (nSPS) is 28.9. The van der Waals surface area contributed by atoms with Crippen molar-refractivity contribution in [2.75, 3.05) is 5.88 Å². The molecule has 1 saturated heterocycles. The van der Waals surface area contributed by atoms with E-state index in [1.54, 1.807) is 0 Å². The van der Waals surface area contributed by atoms with Gasteiger partial charge in [-0.25, -0.2) is 0 Å². The smallest absolute Gasteiger partial charge is 0.239 e. The topological polar surface area (TPSA) is 41.1 Å². The first kappa shape index (κ1) is 13.5. The Hall–Kier alpha value is -0.520. The van der Waals surface area contributed by atoms with Crippen LogP contribution in [0.15, 0.2) is 11.4 Å². The van der Waals surface area contributed by atoms with Crippen molar-refractivity contribution in [3.05, 3.63) is 21.9 Å². The zero-order valence-corrected chi connectivity index (χ0v) is 13.0. The van der Waals surface area contributed by atoms with E-state index in [1.807, 2.05) is 23.1 Å². The second-order valence-corrected chi connectivity index (χ2v) is 8.41. The van der Waals surface area contributed by atoms with Gasteiger partial charge in [0.15, 0.2) is 0 Å². The third kappa shape index (κ3) is 2.56. The second kappa shape index (κ2) is 5.11. The number of thiophene rings is 1. The van der Waals surface area contributed by atoms with Gasteiger partial charge < -0.3 is 5.32 Å². The van der Waals surface area contributed by atoms with Crippen LogP contribution in [0.5, 0.6) is 0 Å². The minimum Gasteiger partial charge on any atom is -0.348 e. The van der Waals surface area contributed by atoms with Crippen molar-refractivity contribution >= 4 is 29.0 Å². The summed E-state index contributed by atoms with van der Waals surface area (Å²) in [6.07, 6.45) is 3.41. The third-order valence-corrected chi connectivity index (χ3v) is 6.34. The number of rotatable bonds is 2. The largest absolute Gasteiger partial charge is 0.348 e. The van der Waals surface area contributed by atoms with Crippen molar-refractivity contribution in [1.82, 2.24) is 10.6 Å². The van der Waals surface area contributed by atoms with Crippen LogP contribution in [-0.4, -0.2) is 22.6 Å². The minimum absolute atomic E-state index is 0.0176. The number of carbonyl (C=O) groups excluding carboxylic acids is 1. The lowest BCUT2D eigenvalue weighted by molar-refractivity contribution is -0.124. The molecule has 5 heteroatoms. The zero-order chi connectivity index (χ0) is 13.5. The van der Waals surface area contributed by atoms with Gasteiger partial charge >= 0.3 is 0 Å². The van der Waals surface area contributed by atoms with E-state index in [0.29, 0.717) is 0 Å². The molecule has 3 rings (SSSR count). The van der Waals surface area contributed by atoms with Gasteiger partial charge in [-0.05, 0) is 50.1 Å². The standard InChI is InChI=1S/C14H20N2OS2/c1-14(2)12(15-8-19-14)13(17)16-10-4-3-5-11-9(10)6-7-18-11/h6-7,10,12,15H,3-5,8H2,1-2H3,(H,16,17). The molecule has 1 aliphatic heterocycles. The summed E-state index contributed by atoms with van der Waals surface area (Å²) in [5, 5.41) is 8.70. The van der Waals surface area contributed by atoms with Gasteiger partial charge in [-0.3, -0.25) is 10.1 Å². The Balaban J connectivity index is 1.71. The van der Waals surface area contributed by atoms with Crippen LogP contribution in [0.3, 0.4) is 0 Å². The van der Waals surface area contributed by atoms with Gasteiger partial charge in [0.1, 0.15) is 6.04 Å². The van der Waals surface area contributed by atoms with Crippen LogP contribution in [0.25, 0.3) is 0 Å². The Kier molecular flexibility index (Phi) is 3.62. The summed E-state index contributed by atoms with van der Waals surface area (Å²) >= 11 is 3.63. The quantitative estimate of drug-likeness (QED) is 0.881. The van der Waals surface area contributed by atoms with Crippen LogP contribution in [0.1, 0.15) is 43.2 Å². The fraction of sp³-hybridized carbons (Fsp3) is 0.643. The number of fused-ring (bicyclic) bond motifs is 1. The molecule has 1 aliphatic carbocycles. The summed E-state index contributed by atoms with van der Waals surface area (Å²) < 4.78 is -0.0176. The zero-order valence-electron chi connectivity index (χ0n) is 11.4. The first-order valence-corrected chi connectivity index (χ1v) is 8.68. The SMILES string of the molecule is CC1(C)SCNC1C(=O)NC1CCCc2sccc21. The maximum absolute atomic E-state index is 12.5. The molecule has 1 amide bonds. The summed E-state index contributed by atoms with van der Waals surface area (Å²) in [5.74, 6) is 1.01. The number of carbonyl (C=O) groups is 1. The summed E-state index contributed by atoms with van der Waals surface area (Å²) in [4.78, 5) is 13.9. The predicted octanol–water partition coefficient (Wildman–Crippen LogP) is 2.68. The average Bonchev–Trinajstić information content (AvgIpc) is 2.95. The fourth-order valence-corrected chi connectivity index (χ4v) is 4.91. The molecule has 2 unspecified atom stereocenters. The minimum atomic E-state index is -0.0819. The number of nitrogens with one attached hydrogen (secondary N) is 2. The lowest BCUT2D eigenvalue weighted by Crippen LogP contribution is -2.50. The van der Waals surface area contributed by atoms with Gasteiger partial charge in [-0.1, -0.05) is 0 Å². The molecule has 2 heterocycles. The van der Waals surface area contributed by atoms with Crippen molar-refractivity contribution in [2.45, 2.75) is 49.9 Å². The number of hydrogen-bond acceptors (Lipinski definition) is 4. The molecule has 0 bridgehead atoms. The molecule has 19 heavy (non-hydrogen) atoms. The Labute approximate surface area is 122 Å². The fourth-order valence-electron chi connectivity index (χ4n) is 2.94. The summed E-state index contributed by atoms with van der Waals surface area (Å²) in [6, 6.07) is 2.30. The predicted molar refractivity (Wildman–Crippen MR) is 81.6 cm³/mol. The van der Waals surface area contributed by atoms with Gasteiger partial charge in [0.25, 0.3) is 0 Å². The summed E-state index contributed by atoms with van der Waals surface area (Å²) in [6.45, 7) is 4.28. The van der Waals surface area contributed by atoms with E-state index in [0.717, 1.165) is 12.3 Å². The van der Waals surface area contributed by atoms with Gasteiger partial charge in [0.05, 0.1) is 6.04 Å². The Morgan fingerprint density at radius 2 is 2.37 bits per heavy atom. The monoisotopic (exact) mass is 296 g/mol.